The van der Waals surface area contributed by atoms with E-state index in [2.05, 4.69) is 9.80 Å². The molecule has 0 aromatic carbocycles. The van der Waals surface area contributed by atoms with Gasteiger partial charge in [-0.1, -0.05) is 6.42 Å². The number of ether oxygens (including phenoxy) is 2. The van der Waals surface area contributed by atoms with Gasteiger partial charge in [-0.05, 0) is 25.7 Å². The normalized spacial score (nSPS) is 25.2. The molecule has 2 fully saturated rings. The molecule has 0 aromatic rings. The van der Waals surface area contributed by atoms with Crippen molar-refractivity contribution < 1.29 is 14.3 Å². The monoisotopic (exact) mass is 270 g/mol. The maximum Gasteiger partial charge on any atom is 0.319 e. The molecule has 2 rings (SSSR count). The minimum atomic E-state index is -0.146. The molecule has 0 bridgehead atoms. The number of carbonyl (C=O) groups excluding carboxylic acids is 1. The van der Waals surface area contributed by atoms with Gasteiger partial charge in [-0.25, -0.2) is 0 Å². The van der Waals surface area contributed by atoms with Crippen molar-refractivity contribution >= 4 is 5.97 Å². The maximum absolute atomic E-state index is 11.3. The van der Waals surface area contributed by atoms with E-state index in [1.165, 1.54) is 26.4 Å². The fourth-order valence-corrected chi connectivity index (χ4v) is 3.31. The standard InChI is InChI=1S/C14H26N2O3/c1-18-13(17)12-15-8-10-16(11-9-15)14(19-2)6-4-3-5-7-14/h3-12H2,1-2H3. The fourth-order valence-electron chi connectivity index (χ4n) is 3.31. The van der Waals surface area contributed by atoms with E-state index in [-0.39, 0.29) is 11.7 Å². The molecule has 1 heterocycles. The van der Waals surface area contributed by atoms with E-state index in [9.17, 15) is 4.79 Å². The lowest BCUT2D eigenvalue weighted by Crippen LogP contribution is -2.59. The third-order valence-corrected chi connectivity index (χ3v) is 4.54. The molecule has 1 saturated heterocycles. The second-order valence-electron chi connectivity index (χ2n) is 5.55. The van der Waals surface area contributed by atoms with Crippen LogP contribution in [-0.2, 0) is 14.3 Å². The summed E-state index contributed by atoms with van der Waals surface area (Å²) >= 11 is 0. The predicted molar refractivity (Wildman–Crippen MR) is 72.9 cm³/mol. The van der Waals surface area contributed by atoms with Crippen LogP contribution in [0.1, 0.15) is 32.1 Å². The van der Waals surface area contributed by atoms with Gasteiger partial charge < -0.3 is 9.47 Å². The zero-order valence-corrected chi connectivity index (χ0v) is 12.2. The summed E-state index contributed by atoms with van der Waals surface area (Å²) in [4.78, 5) is 15.9. The van der Waals surface area contributed by atoms with Crippen LogP contribution in [0.25, 0.3) is 0 Å². The summed E-state index contributed by atoms with van der Waals surface area (Å²) in [5, 5.41) is 0. The van der Waals surface area contributed by atoms with E-state index in [1.807, 2.05) is 7.11 Å². The first-order chi connectivity index (χ1) is 9.20. The number of hydrogen-bond acceptors (Lipinski definition) is 5. The topological polar surface area (TPSA) is 42.0 Å². The maximum atomic E-state index is 11.3. The Labute approximate surface area is 115 Å². The first-order valence-electron chi connectivity index (χ1n) is 7.29. The van der Waals surface area contributed by atoms with E-state index >= 15 is 0 Å². The predicted octanol–water partition coefficient (Wildman–Crippen LogP) is 1.08. The molecular weight excluding hydrogens is 244 g/mol. The van der Waals surface area contributed by atoms with Crippen molar-refractivity contribution in [1.82, 2.24) is 9.80 Å². The zero-order valence-electron chi connectivity index (χ0n) is 12.2. The van der Waals surface area contributed by atoms with Crippen LogP contribution in [0.4, 0.5) is 0 Å². The molecule has 1 saturated carbocycles. The summed E-state index contributed by atoms with van der Waals surface area (Å²) in [6.07, 6.45) is 6.13. The smallest absolute Gasteiger partial charge is 0.319 e. The number of esters is 1. The Morgan fingerprint density at radius 3 is 2.21 bits per heavy atom. The highest BCUT2D eigenvalue weighted by Gasteiger charge is 2.39. The lowest BCUT2D eigenvalue weighted by atomic mass is 9.89. The highest BCUT2D eigenvalue weighted by molar-refractivity contribution is 5.71. The van der Waals surface area contributed by atoms with E-state index in [1.54, 1.807) is 0 Å². The molecular formula is C14H26N2O3. The number of nitrogens with zero attached hydrogens (tertiary/aromatic N) is 2. The average molecular weight is 270 g/mol. The van der Waals surface area contributed by atoms with Crippen LogP contribution in [0.2, 0.25) is 0 Å². The van der Waals surface area contributed by atoms with Crippen LogP contribution >= 0.6 is 0 Å². The third kappa shape index (κ3) is 3.46. The molecule has 0 atom stereocenters. The summed E-state index contributed by atoms with van der Waals surface area (Å²) in [6, 6.07) is 0. The lowest BCUT2D eigenvalue weighted by Gasteiger charge is -2.48. The minimum Gasteiger partial charge on any atom is -0.468 e. The van der Waals surface area contributed by atoms with Gasteiger partial charge in [0.15, 0.2) is 0 Å². The lowest BCUT2D eigenvalue weighted by molar-refractivity contribution is -0.169. The van der Waals surface area contributed by atoms with Gasteiger partial charge in [0.2, 0.25) is 0 Å². The van der Waals surface area contributed by atoms with Gasteiger partial charge in [-0.2, -0.15) is 0 Å². The first-order valence-corrected chi connectivity index (χ1v) is 7.29. The molecule has 0 unspecified atom stereocenters. The van der Waals surface area contributed by atoms with Crippen LogP contribution < -0.4 is 0 Å². The SMILES string of the molecule is COC(=O)CN1CCN(C2(OC)CCCCC2)CC1. The Kier molecular flexibility index (Phi) is 5.19. The van der Waals surface area contributed by atoms with Gasteiger partial charge in [0.1, 0.15) is 5.72 Å². The minimum absolute atomic E-state index is 0.0460. The van der Waals surface area contributed by atoms with Crippen molar-refractivity contribution in [3.63, 3.8) is 0 Å². The molecule has 0 amide bonds. The van der Waals surface area contributed by atoms with Crippen LogP contribution in [0.5, 0.6) is 0 Å². The molecule has 19 heavy (non-hydrogen) atoms. The van der Waals surface area contributed by atoms with Crippen molar-refractivity contribution in [2.45, 2.75) is 37.8 Å². The van der Waals surface area contributed by atoms with Gasteiger partial charge in [-0.15, -0.1) is 0 Å². The molecule has 1 aliphatic carbocycles. The Bertz CT molecular complexity index is 295. The van der Waals surface area contributed by atoms with Crippen LogP contribution in [0.15, 0.2) is 0 Å². The molecule has 5 heteroatoms. The van der Waals surface area contributed by atoms with Crippen LogP contribution in [0.3, 0.4) is 0 Å². The Morgan fingerprint density at radius 2 is 1.68 bits per heavy atom. The summed E-state index contributed by atoms with van der Waals surface area (Å²) in [5.41, 5.74) is -0.0460. The second-order valence-corrected chi connectivity index (χ2v) is 5.55. The van der Waals surface area contributed by atoms with Gasteiger partial charge >= 0.3 is 5.97 Å². The average Bonchev–Trinajstić information content (AvgIpc) is 2.48. The van der Waals surface area contributed by atoms with Gasteiger partial charge in [0.05, 0.1) is 13.7 Å². The van der Waals surface area contributed by atoms with Gasteiger partial charge in [-0.3, -0.25) is 14.6 Å². The van der Waals surface area contributed by atoms with Crippen molar-refractivity contribution in [3.8, 4) is 0 Å². The molecule has 110 valence electrons. The molecule has 5 nitrogen and oxygen atoms in total. The van der Waals surface area contributed by atoms with E-state index < -0.39 is 0 Å². The van der Waals surface area contributed by atoms with Crippen molar-refractivity contribution in [1.29, 1.82) is 0 Å². The summed E-state index contributed by atoms with van der Waals surface area (Å²) in [7, 11) is 3.28. The Hall–Kier alpha value is -0.650. The molecule has 0 aromatic heterocycles. The Morgan fingerprint density at radius 1 is 1.05 bits per heavy atom. The van der Waals surface area contributed by atoms with Crippen LogP contribution in [-0.4, -0.2) is 68.4 Å². The largest absolute Gasteiger partial charge is 0.468 e. The van der Waals surface area contributed by atoms with Crippen molar-refractivity contribution in [2.75, 3.05) is 46.9 Å². The summed E-state index contributed by atoms with van der Waals surface area (Å²) in [5.74, 6) is -0.146. The highest BCUT2D eigenvalue weighted by Crippen LogP contribution is 2.34. The van der Waals surface area contributed by atoms with Crippen LogP contribution in [0, 0.1) is 0 Å². The number of methoxy groups -OCH3 is 2. The molecule has 0 N–H and O–H groups in total. The molecule has 0 radical (unpaired) electrons. The quantitative estimate of drug-likeness (QED) is 0.715. The molecule has 1 aliphatic heterocycles. The fraction of sp³-hybridized carbons (Fsp3) is 0.929. The zero-order chi connectivity index (χ0) is 13.7. The Balaban J connectivity index is 1.86. The molecule has 2 aliphatic rings. The van der Waals surface area contributed by atoms with Gasteiger partial charge in [0, 0.05) is 33.3 Å². The van der Waals surface area contributed by atoms with E-state index in [0.717, 1.165) is 39.0 Å². The van der Waals surface area contributed by atoms with Crippen molar-refractivity contribution in [3.05, 3.63) is 0 Å². The second kappa shape index (κ2) is 6.68. The summed E-state index contributed by atoms with van der Waals surface area (Å²) < 4.78 is 10.6. The first kappa shape index (κ1) is 14.8. The van der Waals surface area contributed by atoms with E-state index in [4.69, 9.17) is 9.47 Å². The number of hydrogen-bond donors (Lipinski definition) is 0. The van der Waals surface area contributed by atoms with E-state index in [0.29, 0.717) is 6.54 Å². The number of carbonyl (C=O) groups is 1. The highest BCUT2D eigenvalue weighted by atomic mass is 16.5. The number of rotatable bonds is 4. The third-order valence-electron chi connectivity index (χ3n) is 4.54. The number of piperazine rings is 1. The summed E-state index contributed by atoms with van der Waals surface area (Å²) in [6.45, 7) is 4.19. The van der Waals surface area contributed by atoms with Crippen molar-refractivity contribution in [2.24, 2.45) is 0 Å². The molecule has 0 spiro atoms. The van der Waals surface area contributed by atoms with Gasteiger partial charge in [0.25, 0.3) is 0 Å².